The Hall–Kier alpha value is 0.350. The molecular weight excluding hydrogens is 313 g/mol. The van der Waals surface area contributed by atoms with Gasteiger partial charge in [-0.05, 0) is 32.9 Å². The van der Waals surface area contributed by atoms with Crippen LogP contribution in [0.4, 0.5) is 4.79 Å². The van der Waals surface area contributed by atoms with E-state index in [1.165, 1.54) is 0 Å². The largest absolute Gasteiger partial charge is 0.444 e. The second-order valence-electron chi connectivity index (χ2n) is 4.26. The topological polar surface area (TPSA) is 38.3 Å². The van der Waals surface area contributed by atoms with Gasteiger partial charge in [0.15, 0.2) is 0 Å². The van der Waals surface area contributed by atoms with Gasteiger partial charge in [0.05, 0.1) is 9.30 Å². The van der Waals surface area contributed by atoms with Crippen LogP contribution in [-0.2, 0) is 4.74 Å². The van der Waals surface area contributed by atoms with E-state index >= 15 is 0 Å². The van der Waals surface area contributed by atoms with Crippen LogP contribution in [-0.4, -0.2) is 26.7 Å². The molecule has 0 aromatic rings. The maximum atomic E-state index is 11.4. The molecule has 0 spiro atoms. The lowest BCUT2D eigenvalue weighted by molar-refractivity contribution is 0.0509. The standard InChI is InChI=1S/C9H16INO2S/c1-9(2,3)13-8(12)11-6-4-5-14-7(6)10/h6-7H,4-5H2,1-3H3,(H,11,12). The van der Waals surface area contributed by atoms with Crippen LogP contribution in [0, 0.1) is 0 Å². The van der Waals surface area contributed by atoms with Crippen LogP contribution in [0.15, 0.2) is 0 Å². The summed E-state index contributed by atoms with van der Waals surface area (Å²) in [6, 6.07) is 0.260. The van der Waals surface area contributed by atoms with E-state index in [1.54, 1.807) is 0 Å². The van der Waals surface area contributed by atoms with E-state index in [2.05, 4.69) is 27.9 Å². The highest BCUT2D eigenvalue weighted by Gasteiger charge is 2.28. The smallest absolute Gasteiger partial charge is 0.407 e. The summed E-state index contributed by atoms with van der Waals surface area (Å²) in [5.74, 6) is 1.12. The van der Waals surface area contributed by atoms with Crippen molar-refractivity contribution in [2.75, 3.05) is 5.75 Å². The van der Waals surface area contributed by atoms with Gasteiger partial charge in [-0.3, -0.25) is 0 Å². The van der Waals surface area contributed by atoms with Gasteiger partial charge >= 0.3 is 6.09 Å². The first-order chi connectivity index (χ1) is 6.38. The molecule has 14 heavy (non-hydrogen) atoms. The zero-order valence-electron chi connectivity index (χ0n) is 8.67. The molecule has 0 saturated carbocycles. The summed E-state index contributed by atoms with van der Waals surface area (Å²) in [6.45, 7) is 5.62. The number of carbonyl (C=O) groups is 1. The molecule has 1 rings (SSSR count). The van der Waals surface area contributed by atoms with Crippen molar-refractivity contribution >= 4 is 40.4 Å². The molecule has 1 heterocycles. The first kappa shape index (κ1) is 12.4. The van der Waals surface area contributed by atoms with Gasteiger partial charge in [0.25, 0.3) is 0 Å². The van der Waals surface area contributed by atoms with Gasteiger partial charge in [0, 0.05) is 0 Å². The van der Waals surface area contributed by atoms with Gasteiger partial charge < -0.3 is 10.1 Å². The summed E-state index contributed by atoms with van der Waals surface area (Å²) in [5.41, 5.74) is -0.406. The van der Waals surface area contributed by atoms with Crippen LogP contribution >= 0.6 is 34.4 Å². The summed E-state index contributed by atoms with van der Waals surface area (Å²) in [6.07, 6.45) is 0.740. The first-order valence-corrected chi connectivity index (χ1v) is 6.93. The van der Waals surface area contributed by atoms with Crippen LogP contribution in [0.2, 0.25) is 0 Å². The molecule has 0 aromatic heterocycles. The quantitative estimate of drug-likeness (QED) is 0.594. The van der Waals surface area contributed by atoms with E-state index in [4.69, 9.17) is 4.74 Å². The lowest BCUT2D eigenvalue weighted by Crippen LogP contribution is -2.40. The molecule has 0 bridgehead atoms. The fraction of sp³-hybridized carbons (Fsp3) is 0.889. The maximum Gasteiger partial charge on any atom is 0.407 e. The van der Waals surface area contributed by atoms with Gasteiger partial charge in [0.1, 0.15) is 5.60 Å². The number of alkyl carbamates (subject to hydrolysis) is 1. The van der Waals surface area contributed by atoms with Crippen molar-refractivity contribution in [3.8, 4) is 0 Å². The van der Waals surface area contributed by atoms with Gasteiger partial charge in [0.2, 0.25) is 0 Å². The number of thioether (sulfide) groups is 1. The molecule has 0 aromatic carbocycles. The number of halogens is 1. The minimum absolute atomic E-state index is 0.260. The van der Waals surface area contributed by atoms with E-state index in [9.17, 15) is 4.79 Å². The van der Waals surface area contributed by atoms with Crippen LogP contribution in [0.25, 0.3) is 0 Å². The average molecular weight is 329 g/mol. The molecule has 0 radical (unpaired) electrons. The fourth-order valence-corrected chi connectivity index (χ4v) is 3.51. The maximum absolute atomic E-state index is 11.4. The Morgan fingerprint density at radius 3 is 2.64 bits per heavy atom. The Morgan fingerprint density at radius 2 is 2.21 bits per heavy atom. The molecule has 2 unspecified atom stereocenters. The van der Waals surface area contributed by atoms with Crippen molar-refractivity contribution < 1.29 is 9.53 Å². The predicted molar refractivity (Wildman–Crippen MR) is 68.0 cm³/mol. The summed E-state index contributed by atoms with van der Waals surface area (Å²) in [5, 5.41) is 2.90. The van der Waals surface area contributed by atoms with E-state index in [1.807, 2.05) is 32.5 Å². The molecule has 1 aliphatic rings. The molecule has 1 aliphatic heterocycles. The van der Waals surface area contributed by atoms with Crippen molar-refractivity contribution in [2.45, 2.75) is 42.1 Å². The zero-order chi connectivity index (χ0) is 10.8. The van der Waals surface area contributed by atoms with Gasteiger partial charge in [-0.25, -0.2) is 4.79 Å². The molecule has 3 nitrogen and oxygen atoms in total. The molecule has 2 atom stereocenters. The molecule has 1 saturated heterocycles. The molecule has 1 fully saturated rings. The Morgan fingerprint density at radius 1 is 1.57 bits per heavy atom. The highest BCUT2D eigenvalue weighted by molar-refractivity contribution is 14.1. The van der Waals surface area contributed by atoms with Gasteiger partial charge in [-0.1, -0.05) is 22.6 Å². The van der Waals surface area contributed by atoms with Crippen molar-refractivity contribution in [2.24, 2.45) is 0 Å². The molecule has 0 aliphatic carbocycles. The minimum Gasteiger partial charge on any atom is -0.444 e. The molecule has 82 valence electrons. The number of amides is 1. The number of alkyl halides is 1. The van der Waals surface area contributed by atoms with Crippen LogP contribution < -0.4 is 5.32 Å². The van der Waals surface area contributed by atoms with E-state index in [0.29, 0.717) is 3.26 Å². The lowest BCUT2D eigenvalue weighted by Gasteiger charge is -2.22. The lowest BCUT2D eigenvalue weighted by atomic mass is 10.2. The third-order valence-electron chi connectivity index (χ3n) is 1.72. The number of rotatable bonds is 1. The molecule has 1 N–H and O–H groups in total. The number of nitrogens with one attached hydrogen (secondary N) is 1. The summed E-state index contributed by atoms with van der Waals surface area (Å²) in [7, 11) is 0. The van der Waals surface area contributed by atoms with Crippen molar-refractivity contribution in [1.82, 2.24) is 5.32 Å². The zero-order valence-corrected chi connectivity index (χ0v) is 11.6. The minimum atomic E-state index is -0.406. The van der Waals surface area contributed by atoms with Gasteiger partial charge in [-0.2, -0.15) is 0 Å². The number of ether oxygens (including phenoxy) is 1. The fourth-order valence-electron chi connectivity index (χ4n) is 1.15. The van der Waals surface area contributed by atoms with Crippen molar-refractivity contribution in [1.29, 1.82) is 0 Å². The normalized spacial score (nSPS) is 27.4. The summed E-state index contributed by atoms with van der Waals surface area (Å²) in [4.78, 5) is 11.4. The van der Waals surface area contributed by atoms with Crippen LogP contribution in [0.3, 0.4) is 0 Å². The number of carbonyl (C=O) groups excluding carboxylic acids is 1. The van der Waals surface area contributed by atoms with Gasteiger partial charge in [-0.15, -0.1) is 11.8 Å². The van der Waals surface area contributed by atoms with Crippen LogP contribution in [0.5, 0.6) is 0 Å². The second kappa shape index (κ2) is 4.92. The predicted octanol–water partition coefficient (Wildman–Crippen LogP) is 2.78. The Labute approximate surface area is 103 Å². The summed E-state index contributed by atoms with van der Waals surface area (Å²) >= 11 is 4.24. The van der Waals surface area contributed by atoms with E-state index in [0.717, 1.165) is 12.2 Å². The summed E-state index contributed by atoms with van der Waals surface area (Å²) < 4.78 is 5.66. The monoisotopic (exact) mass is 329 g/mol. The number of hydrogen-bond acceptors (Lipinski definition) is 3. The highest BCUT2D eigenvalue weighted by Crippen LogP contribution is 2.31. The molecule has 1 amide bonds. The SMILES string of the molecule is CC(C)(C)OC(=O)NC1CCSC1I. The third-order valence-corrected chi connectivity index (χ3v) is 4.79. The number of hydrogen-bond donors (Lipinski definition) is 1. The molecular formula is C9H16INO2S. The van der Waals surface area contributed by atoms with Crippen molar-refractivity contribution in [3.05, 3.63) is 0 Å². The van der Waals surface area contributed by atoms with Crippen LogP contribution in [0.1, 0.15) is 27.2 Å². The Kier molecular flexibility index (Phi) is 4.36. The average Bonchev–Trinajstić information content (AvgIpc) is 2.32. The second-order valence-corrected chi connectivity index (χ2v) is 7.70. The molecule has 5 heteroatoms. The highest BCUT2D eigenvalue weighted by atomic mass is 127. The van der Waals surface area contributed by atoms with Crippen molar-refractivity contribution in [3.63, 3.8) is 0 Å². The van der Waals surface area contributed by atoms with E-state index in [-0.39, 0.29) is 12.1 Å². The first-order valence-electron chi connectivity index (χ1n) is 4.64. The van der Waals surface area contributed by atoms with E-state index < -0.39 is 5.60 Å². The Bertz CT molecular complexity index is 217. The third kappa shape index (κ3) is 4.25. The Balaban J connectivity index is 2.33.